The Morgan fingerprint density at radius 2 is 2.00 bits per heavy atom. The van der Waals surface area contributed by atoms with E-state index in [-0.39, 0.29) is 30.0 Å². The van der Waals surface area contributed by atoms with Crippen LogP contribution in [0.15, 0.2) is 0 Å². The van der Waals surface area contributed by atoms with Crippen LogP contribution in [-0.4, -0.2) is 17.4 Å². The molecule has 0 saturated heterocycles. The predicted molar refractivity (Wildman–Crippen MR) is 65.1 cm³/mol. The quantitative estimate of drug-likeness (QED) is 0.558. The fraction of sp³-hybridized carbons (Fsp3) is 0.714. The topological polar surface area (TPSA) is 43.4 Å². The van der Waals surface area contributed by atoms with Crippen LogP contribution in [0.5, 0.6) is 0 Å². The molecule has 17 heavy (non-hydrogen) atoms. The fourth-order valence-electron chi connectivity index (χ4n) is 2.15. The van der Waals surface area contributed by atoms with E-state index in [1.165, 1.54) is 0 Å². The number of carbonyl (C=O) groups is 2. The van der Waals surface area contributed by atoms with Gasteiger partial charge >= 0.3 is 5.97 Å². The van der Waals surface area contributed by atoms with Gasteiger partial charge in [0.05, 0.1) is 6.42 Å². The molecule has 2 atom stereocenters. The summed E-state index contributed by atoms with van der Waals surface area (Å²) in [5.41, 5.74) is -0.489. The molecule has 0 radical (unpaired) electrons. The second kappa shape index (κ2) is 5.35. The third-order valence-electron chi connectivity index (χ3n) is 2.87. The third kappa shape index (κ3) is 4.22. The Hall–Kier alpha value is -1.30. The van der Waals surface area contributed by atoms with Crippen LogP contribution in [0.1, 0.15) is 46.5 Å². The number of rotatable bonds is 3. The molecule has 0 heterocycles. The molecule has 1 rings (SSSR count). The highest BCUT2D eigenvalue weighted by Gasteiger charge is 2.35. The van der Waals surface area contributed by atoms with Crippen molar-refractivity contribution in [2.24, 2.45) is 11.8 Å². The first-order valence-electron chi connectivity index (χ1n) is 6.02. The van der Waals surface area contributed by atoms with E-state index in [0.29, 0.717) is 6.42 Å². The average molecular weight is 236 g/mol. The van der Waals surface area contributed by atoms with Gasteiger partial charge in [-0.15, -0.1) is 12.3 Å². The molecule has 0 N–H and O–H groups in total. The van der Waals surface area contributed by atoms with Gasteiger partial charge in [-0.1, -0.05) is 0 Å². The van der Waals surface area contributed by atoms with E-state index in [9.17, 15) is 9.59 Å². The number of ketones is 1. The summed E-state index contributed by atoms with van der Waals surface area (Å²) in [7, 11) is 0. The second-order valence-electron chi connectivity index (χ2n) is 5.57. The molecule has 94 valence electrons. The van der Waals surface area contributed by atoms with Gasteiger partial charge in [0, 0.05) is 18.3 Å². The van der Waals surface area contributed by atoms with Crippen LogP contribution in [0.4, 0.5) is 0 Å². The second-order valence-corrected chi connectivity index (χ2v) is 5.57. The maximum absolute atomic E-state index is 11.9. The molecule has 0 spiro atoms. The highest BCUT2D eigenvalue weighted by molar-refractivity contribution is 5.89. The van der Waals surface area contributed by atoms with Crippen molar-refractivity contribution >= 4 is 11.8 Å². The first-order chi connectivity index (χ1) is 7.83. The van der Waals surface area contributed by atoms with Crippen molar-refractivity contribution in [2.45, 2.75) is 52.1 Å². The minimum absolute atomic E-state index is 0.0487. The summed E-state index contributed by atoms with van der Waals surface area (Å²) in [5.74, 6) is 2.11. The first kappa shape index (κ1) is 13.8. The Morgan fingerprint density at radius 1 is 1.41 bits per heavy atom. The Balaban J connectivity index is 2.47. The number of Topliss-reactive ketones (excluding diaryl/α,β-unsaturated/α-hetero) is 1. The van der Waals surface area contributed by atoms with Gasteiger partial charge in [0.15, 0.2) is 0 Å². The number of esters is 1. The first-order valence-corrected chi connectivity index (χ1v) is 6.02. The molecule has 0 aromatic carbocycles. The van der Waals surface area contributed by atoms with Gasteiger partial charge in [0.2, 0.25) is 0 Å². The lowest BCUT2D eigenvalue weighted by Crippen LogP contribution is -2.26. The summed E-state index contributed by atoms with van der Waals surface area (Å²) in [4.78, 5) is 23.5. The monoisotopic (exact) mass is 236 g/mol. The standard InChI is InChI=1S/C14H20O3/c1-5-6-10-7-8-11(13(10)16)9-12(15)17-14(2,3)4/h1,10-11H,6-9H2,2-4H3/t10?,11-/m0/s1. The minimum Gasteiger partial charge on any atom is -0.460 e. The summed E-state index contributed by atoms with van der Waals surface area (Å²) in [5, 5.41) is 0. The molecule has 1 saturated carbocycles. The zero-order valence-electron chi connectivity index (χ0n) is 10.8. The number of carbonyl (C=O) groups excluding carboxylic acids is 2. The predicted octanol–water partition coefficient (Wildman–Crippen LogP) is 2.34. The summed E-state index contributed by atoms with van der Waals surface area (Å²) < 4.78 is 5.21. The molecule has 1 fully saturated rings. The molecule has 0 amide bonds. The van der Waals surface area contributed by atoms with E-state index >= 15 is 0 Å². The van der Waals surface area contributed by atoms with Gasteiger partial charge in [-0.3, -0.25) is 9.59 Å². The normalized spacial score (nSPS) is 24.5. The number of terminal acetylenes is 1. The van der Waals surface area contributed by atoms with Crippen LogP contribution in [0, 0.1) is 24.2 Å². The molecule has 3 nitrogen and oxygen atoms in total. The zero-order chi connectivity index (χ0) is 13.1. The molecule has 0 aromatic rings. The molecule has 1 aliphatic carbocycles. The molecule has 0 aromatic heterocycles. The molecule has 0 aliphatic heterocycles. The fourth-order valence-corrected chi connectivity index (χ4v) is 2.15. The van der Waals surface area contributed by atoms with Crippen LogP contribution in [0.2, 0.25) is 0 Å². The van der Waals surface area contributed by atoms with E-state index in [0.717, 1.165) is 12.8 Å². The van der Waals surface area contributed by atoms with Crippen LogP contribution < -0.4 is 0 Å². The number of hydrogen-bond donors (Lipinski definition) is 0. The van der Waals surface area contributed by atoms with Crippen LogP contribution in [0.3, 0.4) is 0 Å². The zero-order valence-corrected chi connectivity index (χ0v) is 10.8. The number of ether oxygens (including phenoxy) is 1. The van der Waals surface area contributed by atoms with Crippen molar-refractivity contribution < 1.29 is 14.3 Å². The highest BCUT2D eigenvalue weighted by Crippen LogP contribution is 2.32. The van der Waals surface area contributed by atoms with E-state index in [1.807, 2.05) is 20.8 Å². The molecule has 3 heteroatoms. The summed E-state index contributed by atoms with van der Waals surface area (Å²) in [6.07, 6.45) is 7.44. The van der Waals surface area contributed by atoms with Gasteiger partial charge in [0.1, 0.15) is 11.4 Å². The van der Waals surface area contributed by atoms with Crippen molar-refractivity contribution in [1.29, 1.82) is 0 Å². The van der Waals surface area contributed by atoms with Gasteiger partial charge < -0.3 is 4.74 Å². The Kier molecular flexibility index (Phi) is 4.34. The Morgan fingerprint density at radius 3 is 2.53 bits per heavy atom. The summed E-state index contributed by atoms with van der Waals surface area (Å²) >= 11 is 0. The van der Waals surface area contributed by atoms with Crippen molar-refractivity contribution in [3.05, 3.63) is 0 Å². The smallest absolute Gasteiger partial charge is 0.307 e. The van der Waals surface area contributed by atoms with E-state index < -0.39 is 5.60 Å². The van der Waals surface area contributed by atoms with Crippen LogP contribution >= 0.6 is 0 Å². The van der Waals surface area contributed by atoms with Crippen LogP contribution in [0.25, 0.3) is 0 Å². The maximum Gasteiger partial charge on any atom is 0.307 e. The SMILES string of the molecule is C#CCC1CC[C@@H](CC(=O)OC(C)(C)C)C1=O. The van der Waals surface area contributed by atoms with E-state index in [2.05, 4.69) is 5.92 Å². The lowest BCUT2D eigenvalue weighted by atomic mass is 9.98. The van der Waals surface area contributed by atoms with Crippen molar-refractivity contribution in [1.82, 2.24) is 0 Å². The Bertz CT molecular complexity index is 343. The lowest BCUT2D eigenvalue weighted by Gasteiger charge is -2.20. The van der Waals surface area contributed by atoms with Gasteiger partial charge in [0.25, 0.3) is 0 Å². The van der Waals surface area contributed by atoms with Gasteiger partial charge in [-0.05, 0) is 33.6 Å². The summed E-state index contributed by atoms with van der Waals surface area (Å²) in [6.45, 7) is 5.47. The molecular weight excluding hydrogens is 216 g/mol. The molecule has 1 aliphatic rings. The van der Waals surface area contributed by atoms with Crippen molar-refractivity contribution in [3.63, 3.8) is 0 Å². The highest BCUT2D eigenvalue weighted by atomic mass is 16.6. The minimum atomic E-state index is -0.489. The average Bonchev–Trinajstić information content (AvgIpc) is 2.47. The van der Waals surface area contributed by atoms with Crippen molar-refractivity contribution in [2.75, 3.05) is 0 Å². The van der Waals surface area contributed by atoms with E-state index in [1.54, 1.807) is 0 Å². The molecule has 1 unspecified atom stereocenters. The van der Waals surface area contributed by atoms with Crippen molar-refractivity contribution in [3.8, 4) is 12.3 Å². The van der Waals surface area contributed by atoms with Gasteiger partial charge in [-0.2, -0.15) is 0 Å². The maximum atomic E-state index is 11.9. The van der Waals surface area contributed by atoms with Gasteiger partial charge in [-0.25, -0.2) is 0 Å². The molecule has 0 bridgehead atoms. The number of hydrogen-bond acceptors (Lipinski definition) is 3. The largest absolute Gasteiger partial charge is 0.460 e. The van der Waals surface area contributed by atoms with Crippen LogP contribution in [-0.2, 0) is 14.3 Å². The summed E-state index contributed by atoms with van der Waals surface area (Å²) in [6, 6.07) is 0. The third-order valence-corrected chi connectivity index (χ3v) is 2.87. The lowest BCUT2D eigenvalue weighted by molar-refractivity contribution is -0.157. The van der Waals surface area contributed by atoms with E-state index in [4.69, 9.17) is 11.2 Å². The Labute approximate surface area is 103 Å². The molecular formula is C14H20O3.